The monoisotopic (exact) mass is 610 g/mol. The summed E-state index contributed by atoms with van der Waals surface area (Å²) in [6, 6.07) is 17.4. The Hall–Kier alpha value is -4.25. The summed E-state index contributed by atoms with van der Waals surface area (Å²) in [5.74, 6) is -2.87. The van der Waals surface area contributed by atoms with Crippen LogP contribution in [0.2, 0.25) is 0 Å². The maximum atomic E-state index is 13.9. The summed E-state index contributed by atoms with van der Waals surface area (Å²) >= 11 is 3.35. The molecule has 3 aromatic rings. The average Bonchev–Trinajstić information content (AvgIpc) is 2.91. The Balaban J connectivity index is 1.69. The number of carbonyl (C=O) groups is 4. The number of benzene rings is 3. The number of halogens is 2. The molecule has 3 N–H and O–H groups in total. The molecule has 40 heavy (non-hydrogen) atoms. The first kappa shape index (κ1) is 28.8. The molecular formula is C29H28BrFN4O5. The van der Waals surface area contributed by atoms with E-state index < -0.39 is 48.3 Å². The van der Waals surface area contributed by atoms with Crippen LogP contribution in [-0.2, 0) is 9.59 Å². The largest absolute Gasteiger partial charge is 0.481 e. The molecule has 3 aromatic carbocycles. The van der Waals surface area contributed by atoms with E-state index in [9.17, 15) is 28.7 Å². The number of carbonyl (C=O) groups excluding carboxylic acids is 3. The number of hydrogen-bond donors (Lipinski definition) is 3. The minimum absolute atomic E-state index is 0.134. The van der Waals surface area contributed by atoms with Crippen LogP contribution >= 0.6 is 15.9 Å². The second-order valence-electron chi connectivity index (χ2n) is 9.44. The standard InChI is InChI=1S/C29H28BrFN4O5/c1-18-6-2-7-19(14-18)24(17-25(36)37)33-26(38)27-34(28(39)20-8-3-9-21(30)15-20)12-5-13-35(27)29(40)32-23-11-4-10-22(31)16-23/h2-4,6-11,14-16,24,27H,5,12-13,17H2,1H3,(H,32,40)(H,33,38)(H,36,37). The predicted molar refractivity (Wildman–Crippen MR) is 150 cm³/mol. The third kappa shape index (κ3) is 7.03. The SMILES string of the molecule is Cc1cccc(C(CC(=O)O)NC(=O)C2N(C(=O)Nc3cccc(F)c3)CCCN2C(=O)c2cccc(Br)c2)c1. The van der Waals surface area contributed by atoms with Gasteiger partial charge in [0, 0.05) is 28.8 Å². The number of rotatable bonds is 7. The van der Waals surface area contributed by atoms with E-state index >= 15 is 0 Å². The van der Waals surface area contributed by atoms with Crippen LogP contribution in [0.4, 0.5) is 14.9 Å². The van der Waals surface area contributed by atoms with E-state index in [1.807, 2.05) is 13.0 Å². The normalized spacial score (nSPS) is 15.7. The van der Waals surface area contributed by atoms with Gasteiger partial charge < -0.3 is 20.6 Å². The Labute approximate surface area is 239 Å². The molecule has 0 saturated carbocycles. The van der Waals surface area contributed by atoms with Crippen molar-refractivity contribution in [2.24, 2.45) is 0 Å². The van der Waals surface area contributed by atoms with Gasteiger partial charge in [0.25, 0.3) is 11.8 Å². The van der Waals surface area contributed by atoms with Crippen molar-refractivity contribution in [3.8, 4) is 0 Å². The maximum Gasteiger partial charge on any atom is 0.323 e. The van der Waals surface area contributed by atoms with Gasteiger partial charge in [-0.25, -0.2) is 9.18 Å². The van der Waals surface area contributed by atoms with Crippen LogP contribution in [0, 0.1) is 12.7 Å². The van der Waals surface area contributed by atoms with Gasteiger partial charge in [0.05, 0.1) is 12.5 Å². The van der Waals surface area contributed by atoms with Crippen LogP contribution in [-0.4, -0.2) is 58.0 Å². The molecule has 0 spiro atoms. The van der Waals surface area contributed by atoms with Crippen molar-refractivity contribution in [3.05, 3.63) is 99.8 Å². The number of aryl methyl sites for hydroxylation is 1. The molecule has 0 aromatic heterocycles. The van der Waals surface area contributed by atoms with E-state index in [1.54, 1.807) is 42.5 Å². The molecule has 4 amide bonds. The Morgan fingerprint density at radius 3 is 2.42 bits per heavy atom. The molecule has 2 unspecified atom stereocenters. The van der Waals surface area contributed by atoms with E-state index in [2.05, 4.69) is 26.6 Å². The van der Waals surface area contributed by atoms with Gasteiger partial charge in [-0.15, -0.1) is 0 Å². The van der Waals surface area contributed by atoms with Crippen LogP contribution in [0.25, 0.3) is 0 Å². The van der Waals surface area contributed by atoms with Gasteiger partial charge in [0.1, 0.15) is 5.82 Å². The number of carboxylic acid groups (broad SMARTS) is 1. The van der Waals surface area contributed by atoms with Crippen LogP contribution in [0.1, 0.15) is 40.4 Å². The minimum Gasteiger partial charge on any atom is -0.481 e. The smallest absolute Gasteiger partial charge is 0.323 e. The van der Waals surface area contributed by atoms with Gasteiger partial charge in [-0.05, 0) is 55.3 Å². The molecule has 208 valence electrons. The molecule has 1 fully saturated rings. The van der Waals surface area contributed by atoms with Crippen LogP contribution in [0.3, 0.4) is 0 Å². The van der Waals surface area contributed by atoms with Crippen molar-refractivity contribution in [2.45, 2.75) is 32.0 Å². The zero-order valence-electron chi connectivity index (χ0n) is 21.6. The Morgan fingerprint density at radius 1 is 1.00 bits per heavy atom. The third-order valence-electron chi connectivity index (χ3n) is 6.43. The zero-order chi connectivity index (χ0) is 28.8. The molecule has 0 bridgehead atoms. The van der Waals surface area contributed by atoms with E-state index in [0.717, 1.165) is 11.6 Å². The molecule has 1 aliphatic heterocycles. The van der Waals surface area contributed by atoms with E-state index in [-0.39, 0.29) is 18.8 Å². The van der Waals surface area contributed by atoms with Crippen LogP contribution < -0.4 is 10.6 Å². The first-order chi connectivity index (χ1) is 19.1. The number of anilines is 1. The maximum absolute atomic E-state index is 13.9. The highest BCUT2D eigenvalue weighted by Crippen LogP contribution is 2.24. The number of aliphatic carboxylic acids is 1. The summed E-state index contributed by atoms with van der Waals surface area (Å²) in [4.78, 5) is 55.1. The van der Waals surface area contributed by atoms with Gasteiger partial charge in [-0.3, -0.25) is 19.3 Å². The molecule has 0 radical (unpaired) electrons. The first-order valence-corrected chi connectivity index (χ1v) is 13.4. The number of carboxylic acids is 1. The fraction of sp³-hybridized carbons (Fsp3) is 0.241. The number of amides is 4. The second-order valence-corrected chi connectivity index (χ2v) is 10.4. The third-order valence-corrected chi connectivity index (χ3v) is 6.93. The summed E-state index contributed by atoms with van der Waals surface area (Å²) in [6.45, 7) is 2.16. The summed E-state index contributed by atoms with van der Waals surface area (Å²) < 4.78 is 14.4. The van der Waals surface area contributed by atoms with Gasteiger partial charge in [0.15, 0.2) is 6.17 Å². The molecule has 9 nitrogen and oxygen atoms in total. The molecule has 1 heterocycles. The molecule has 1 aliphatic rings. The summed E-state index contributed by atoms with van der Waals surface area (Å²) in [7, 11) is 0. The number of nitrogens with zero attached hydrogens (tertiary/aromatic N) is 2. The lowest BCUT2D eigenvalue weighted by Gasteiger charge is -2.43. The highest BCUT2D eigenvalue weighted by Gasteiger charge is 2.41. The van der Waals surface area contributed by atoms with Crippen molar-refractivity contribution in [3.63, 3.8) is 0 Å². The average molecular weight is 611 g/mol. The lowest BCUT2D eigenvalue weighted by atomic mass is 10.0. The highest BCUT2D eigenvalue weighted by atomic mass is 79.9. The van der Waals surface area contributed by atoms with E-state index in [4.69, 9.17) is 0 Å². The summed E-state index contributed by atoms with van der Waals surface area (Å²) in [5.41, 5.74) is 1.94. The van der Waals surface area contributed by atoms with Crippen molar-refractivity contribution in [1.82, 2.24) is 15.1 Å². The number of hydrogen-bond acceptors (Lipinski definition) is 4. The molecule has 2 atom stereocenters. The fourth-order valence-corrected chi connectivity index (χ4v) is 5.04. The molecule has 0 aliphatic carbocycles. The van der Waals surface area contributed by atoms with Gasteiger partial charge >= 0.3 is 12.0 Å². The Bertz CT molecular complexity index is 1430. The highest BCUT2D eigenvalue weighted by molar-refractivity contribution is 9.10. The first-order valence-electron chi connectivity index (χ1n) is 12.6. The molecule has 1 saturated heterocycles. The lowest BCUT2D eigenvalue weighted by Crippen LogP contribution is -2.64. The van der Waals surface area contributed by atoms with Crippen molar-refractivity contribution >= 4 is 45.4 Å². The van der Waals surface area contributed by atoms with Crippen molar-refractivity contribution in [2.75, 3.05) is 18.4 Å². The van der Waals surface area contributed by atoms with E-state index in [0.29, 0.717) is 22.0 Å². The predicted octanol–water partition coefficient (Wildman–Crippen LogP) is 4.93. The van der Waals surface area contributed by atoms with Gasteiger partial charge in [0.2, 0.25) is 0 Å². The quantitative estimate of drug-likeness (QED) is 0.350. The van der Waals surface area contributed by atoms with Crippen LogP contribution in [0.5, 0.6) is 0 Å². The van der Waals surface area contributed by atoms with Crippen molar-refractivity contribution in [1.29, 1.82) is 0 Å². The van der Waals surface area contributed by atoms with Crippen LogP contribution in [0.15, 0.2) is 77.3 Å². The fourth-order valence-electron chi connectivity index (χ4n) is 4.64. The van der Waals surface area contributed by atoms with Crippen molar-refractivity contribution < 1.29 is 28.7 Å². The van der Waals surface area contributed by atoms with Gasteiger partial charge in [-0.2, -0.15) is 0 Å². The van der Waals surface area contributed by atoms with Gasteiger partial charge in [-0.1, -0.05) is 57.9 Å². The topological polar surface area (TPSA) is 119 Å². The Kier molecular flexibility index (Phi) is 9.15. The molecule has 11 heteroatoms. The van der Waals surface area contributed by atoms with E-state index in [1.165, 1.54) is 28.0 Å². The minimum atomic E-state index is -1.39. The Morgan fingerprint density at radius 2 is 1.73 bits per heavy atom. The number of nitrogens with one attached hydrogen (secondary N) is 2. The summed E-state index contributed by atoms with van der Waals surface area (Å²) in [5, 5.41) is 14.9. The molecular weight excluding hydrogens is 583 g/mol. The second kappa shape index (κ2) is 12.7. The zero-order valence-corrected chi connectivity index (χ0v) is 23.2. The summed E-state index contributed by atoms with van der Waals surface area (Å²) in [6.07, 6.45) is -1.41. The molecule has 4 rings (SSSR count). The number of urea groups is 1. The lowest BCUT2D eigenvalue weighted by molar-refractivity contribution is -0.138.